The molecule has 1 saturated heterocycles. The van der Waals surface area contributed by atoms with E-state index in [1.807, 2.05) is 24.0 Å². The van der Waals surface area contributed by atoms with Gasteiger partial charge in [0.15, 0.2) is 5.17 Å². The monoisotopic (exact) mass is 366 g/mol. The van der Waals surface area contributed by atoms with Gasteiger partial charge in [-0.1, -0.05) is 37.6 Å². The van der Waals surface area contributed by atoms with Crippen molar-refractivity contribution in [3.63, 3.8) is 0 Å². The van der Waals surface area contributed by atoms with Gasteiger partial charge in [0.2, 0.25) is 0 Å². The minimum absolute atomic E-state index is 0.100. The van der Waals surface area contributed by atoms with Gasteiger partial charge in [0.1, 0.15) is 6.04 Å². The van der Waals surface area contributed by atoms with E-state index in [0.717, 1.165) is 11.4 Å². The maximum atomic E-state index is 5.15. The molecule has 1 aliphatic carbocycles. The molecule has 2 fully saturated rings. The van der Waals surface area contributed by atoms with Crippen molar-refractivity contribution >= 4 is 16.9 Å². The summed E-state index contributed by atoms with van der Waals surface area (Å²) in [6, 6.07) is 12.4. The number of hydrogen-bond donors (Lipinski definition) is 0. The zero-order valence-corrected chi connectivity index (χ0v) is 16.1. The average Bonchev–Trinajstić information content (AvgIpc) is 3.43. The Morgan fingerprint density at radius 2 is 2.04 bits per heavy atom. The summed E-state index contributed by atoms with van der Waals surface area (Å²) in [7, 11) is 0. The van der Waals surface area contributed by atoms with Crippen LogP contribution in [0, 0.1) is 0 Å². The summed E-state index contributed by atoms with van der Waals surface area (Å²) < 4.78 is 2.56. The summed E-state index contributed by atoms with van der Waals surface area (Å²) in [6.07, 6.45) is 10.7. The largest absolute Gasteiger partial charge is 0.346 e. The van der Waals surface area contributed by atoms with Crippen molar-refractivity contribution < 1.29 is 0 Å². The Bertz CT molecular complexity index is 793. The van der Waals surface area contributed by atoms with Crippen molar-refractivity contribution in [1.82, 2.24) is 14.5 Å². The summed E-state index contributed by atoms with van der Waals surface area (Å²) in [5.74, 6) is 1.16. The summed E-state index contributed by atoms with van der Waals surface area (Å²) >= 11 is 1.92. The molecule has 4 nitrogen and oxygen atoms in total. The van der Waals surface area contributed by atoms with Crippen molar-refractivity contribution in [1.29, 1.82) is 0 Å². The van der Waals surface area contributed by atoms with Crippen molar-refractivity contribution in [2.24, 2.45) is 4.99 Å². The molecule has 5 rings (SSSR count). The molecule has 3 unspecified atom stereocenters. The van der Waals surface area contributed by atoms with Crippen molar-refractivity contribution in [2.75, 3.05) is 5.75 Å². The van der Waals surface area contributed by atoms with Gasteiger partial charge in [-0.05, 0) is 43.5 Å². The fourth-order valence-electron chi connectivity index (χ4n) is 4.84. The number of fused-ring (bicyclic) bond motifs is 1. The fourth-order valence-corrected chi connectivity index (χ4v) is 6.18. The first-order valence-corrected chi connectivity index (χ1v) is 10.9. The van der Waals surface area contributed by atoms with E-state index < -0.39 is 0 Å². The number of amidine groups is 1. The number of hydrogen-bond acceptors (Lipinski definition) is 4. The van der Waals surface area contributed by atoms with Crippen LogP contribution in [0.2, 0.25) is 0 Å². The Kier molecular flexibility index (Phi) is 4.27. The molecule has 1 saturated carbocycles. The zero-order valence-electron chi connectivity index (χ0n) is 15.3. The van der Waals surface area contributed by atoms with Crippen LogP contribution in [0.5, 0.6) is 0 Å². The van der Waals surface area contributed by atoms with E-state index in [4.69, 9.17) is 4.99 Å². The van der Waals surface area contributed by atoms with E-state index >= 15 is 0 Å². The molecule has 0 aromatic carbocycles. The maximum Gasteiger partial charge on any atom is 0.160 e. The van der Waals surface area contributed by atoms with Crippen LogP contribution < -0.4 is 0 Å². The predicted octanol–water partition coefficient (Wildman–Crippen LogP) is 4.98. The number of pyridine rings is 1. The van der Waals surface area contributed by atoms with E-state index in [0.29, 0.717) is 12.1 Å². The Hall–Kier alpha value is -1.75. The van der Waals surface area contributed by atoms with Crippen LogP contribution in [-0.2, 0) is 0 Å². The molecule has 5 heteroatoms. The summed E-state index contributed by atoms with van der Waals surface area (Å²) in [6.45, 7) is 2.30. The van der Waals surface area contributed by atoms with Crippen LogP contribution in [0.1, 0.15) is 68.5 Å². The first-order valence-electron chi connectivity index (χ1n) is 9.93. The van der Waals surface area contributed by atoms with E-state index in [1.165, 1.54) is 43.0 Å². The molecule has 2 aromatic rings. The number of aromatic nitrogens is 2. The topological polar surface area (TPSA) is 33.4 Å². The van der Waals surface area contributed by atoms with Crippen LogP contribution in [0.25, 0.3) is 0 Å². The lowest BCUT2D eigenvalue weighted by Crippen LogP contribution is -2.36. The molecule has 2 aliphatic heterocycles. The number of thioether (sulfide) groups is 1. The Labute approximate surface area is 159 Å². The lowest BCUT2D eigenvalue weighted by Gasteiger charge is -2.33. The van der Waals surface area contributed by atoms with E-state index in [-0.39, 0.29) is 12.1 Å². The second-order valence-corrected chi connectivity index (χ2v) is 8.60. The third-order valence-corrected chi connectivity index (χ3v) is 7.29. The van der Waals surface area contributed by atoms with E-state index in [2.05, 4.69) is 51.8 Å². The third kappa shape index (κ3) is 2.59. The van der Waals surface area contributed by atoms with Gasteiger partial charge in [-0.15, -0.1) is 0 Å². The summed E-state index contributed by atoms with van der Waals surface area (Å²) in [5, 5.41) is 1.22. The molecule has 4 heterocycles. The SMILES string of the molecule is CCC1CSC2=NC(c3ccccn3)C(c3cccn3C3CCCC3)N21. The van der Waals surface area contributed by atoms with Gasteiger partial charge in [0.05, 0.1) is 11.7 Å². The predicted molar refractivity (Wildman–Crippen MR) is 107 cm³/mol. The Balaban J connectivity index is 1.58. The van der Waals surface area contributed by atoms with Crippen molar-refractivity contribution in [3.8, 4) is 0 Å². The smallest absolute Gasteiger partial charge is 0.160 e. The van der Waals surface area contributed by atoms with Crippen LogP contribution in [0.3, 0.4) is 0 Å². The quantitative estimate of drug-likeness (QED) is 0.765. The lowest BCUT2D eigenvalue weighted by molar-refractivity contribution is 0.241. The molecule has 0 spiro atoms. The first-order chi connectivity index (χ1) is 12.9. The average molecular weight is 367 g/mol. The number of rotatable bonds is 4. The molecule has 3 aliphatic rings. The molecule has 0 amide bonds. The minimum Gasteiger partial charge on any atom is -0.346 e. The Morgan fingerprint density at radius 3 is 2.81 bits per heavy atom. The standard InChI is InChI=1S/C21H26N4S/c1-2-15-14-26-21-23-19(17-10-5-6-12-22-17)20(25(15)21)18-11-7-13-24(18)16-8-3-4-9-16/h5-7,10-13,15-16,19-20H,2-4,8-9,14H2,1H3. The maximum absolute atomic E-state index is 5.15. The van der Waals surface area contributed by atoms with Crippen molar-refractivity contribution in [2.45, 2.75) is 63.2 Å². The Morgan fingerprint density at radius 1 is 1.15 bits per heavy atom. The van der Waals surface area contributed by atoms with Crippen LogP contribution in [-0.4, -0.2) is 31.4 Å². The molecule has 136 valence electrons. The molecular weight excluding hydrogens is 340 g/mol. The highest BCUT2D eigenvalue weighted by molar-refractivity contribution is 8.14. The molecule has 0 radical (unpaired) electrons. The van der Waals surface area contributed by atoms with Gasteiger partial charge in [0.25, 0.3) is 0 Å². The summed E-state index contributed by atoms with van der Waals surface area (Å²) in [4.78, 5) is 12.4. The number of aliphatic imine (C=N–C) groups is 1. The fraction of sp³-hybridized carbons (Fsp3) is 0.524. The second-order valence-electron chi connectivity index (χ2n) is 7.61. The molecule has 0 N–H and O–H groups in total. The molecule has 0 bridgehead atoms. The highest BCUT2D eigenvalue weighted by Gasteiger charge is 2.46. The van der Waals surface area contributed by atoms with Gasteiger partial charge in [-0.25, -0.2) is 0 Å². The second kappa shape index (κ2) is 6.76. The highest BCUT2D eigenvalue weighted by atomic mass is 32.2. The van der Waals surface area contributed by atoms with Gasteiger partial charge in [-0.2, -0.15) is 0 Å². The molecule has 3 atom stereocenters. The van der Waals surface area contributed by atoms with E-state index in [1.54, 1.807) is 0 Å². The molecule has 26 heavy (non-hydrogen) atoms. The summed E-state index contributed by atoms with van der Waals surface area (Å²) in [5.41, 5.74) is 2.52. The van der Waals surface area contributed by atoms with Gasteiger partial charge in [0, 0.05) is 35.9 Å². The minimum atomic E-state index is 0.100. The lowest BCUT2D eigenvalue weighted by atomic mass is 9.99. The molecular formula is C21H26N4S. The van der Waals surface area contributed by atoms with E-state index in [9.17, 15) is 0 Å². The van der Waals surface area contributed by atoms with Gasteiger partial charge < -0.3 is 9.47 Å². The van der Waals surface area contributed by atoms with Crippen LogP contribution >= 0.6 is 11.8 Å². The van der Waals surface area contributed by atoms with Crippen LogP contribution in [0.15, 0.2) is 47.7 Å². The third-order valence-electron chi connectivity index (χ3n) is 6.16. The normalized spacial score (nSPS) is 28.6. The highest BCUT2D eigenvalue weighted by Crippen LogP contribution is 2.49. The van der Waals surface area contributed by atoms with Gasteiger partial charge >= 0.3 is 0 Å². The zero-order chi connectivity index (χ0) is 17.5. The molecule has 2 aromatic heterocycles. The van der Waals surface area contributed by atoms with Crippen LogP contribution in [0.4, 0.5) is 0 Å². The first kappa shape index (κ1) is 16.4. The number of nitrogens with zero attached hydrogens (tertiary/aromatic N) is 4. The van der Waals surface area contributed by atoms with Gasteiger partial charge in [-0.3, -0.25) is 9.98 Å². The van der Waals surface area contributed by atoms with Crippen molar-refractivity contribution in [3.05, 3.63) is 54.1 Å².